The maximum Gasteiger partial charge on any atom is 0.391 e. The Balaban J connectivity index is 2.07. The van der Waals surface area contributed by atoms with Crippen LogP contribution in [0.5, 0.6) is 0 Å². The first-order valence-corrected chi connectivity index (χ1v) is 6.60. The predicted octanol–water partition coefficient (Wildman–Crippen LogP) is 4.34. The number of benzene rings is 1. The van der Waals surface area contributed by atoms with Gasteiger partial charge in [0.1, 0.15) is 5.82 Å². The molecule has 1 nitrogen and oxygen atoms in total. The zero-order valence-corrected chi connectivity index (χ0v) is 10.9. The third-order valence-corrected chi connectivity index (χ3v) is 3.73. The van der Waals surface area contributed by atoms with Gasteiger partial charge < -0.3 is 4.90 Å². The van der Waals surface area contributed by atoms with Gasteiger partial charge in [-0.05, 0) is 36.6 Å². The Labute approximate surface area is 114 Å². The normalized spacial score (nSPS) is 17.8. The lowest BCUT2D eigenvalue weighted by Crippen LogP contribution is -2.39. The van der Waals surface area contributed by atoms with Gasteiger partial charge >= 0.3 is 6.18 Å². The first kappa shape index (κ1) is 14.4. The molecule has 0 bridgehead atoms. The maximum absolute atomic E-state index is 13.4. The van der Waals surface area contributed by atoms with Gasteiger partial charge in [0.25, 0.3) is 0 Å². The van der Waals surface area contributed by atoms with E-state index in [-0.39, 0.29) is 31.8 Å². The van der Waals surface area contributed by atoms with Crippen molar-refractivity contribution in [1.82, 2.24) is 0 Å². The molecular weight excluding hydrogens is 282 g/mol. The predicted molar refractivity (Wildman–Crippen MR) is 66.9 cm³/mol. The molecule has 1 aliphatic rings. The summed E-state index contributed by atoms with van der Waals surface area (Å²) in [5, 5.41) is 0. The lowest BCUT2D eigenvalue weighted by atomic mass is 9.96. The Morgan fingerprint density at radius 2 is 1.79 bits per heavy atom. The van der Waals surface area contributed by atoms with E-state index in [0.29, 0.717) is 11.3 Å². The fourth-order valence-corrected chi connectivity index (χ4v) is 2.51. The molecule has 0 unspecified atom stereocenters. The minimum absolute atomic E-state index is 0.0518. The molecule has 6 heteroatoms. The minimum Gasteiger partial charge on any atom is -0.371 e. The number of hydrogen-bond acceptors (Lipinski definition) is 1. The van der Waals surface area contributed by atoms with Crippen molar-refractivity contribution in [2.75, 3.05) is 18.0 Å². The minimum atomic E-state index is -4.13. The first-order valence-electron chi connectivity index (χ1n) is 6.07. The molecule has 0 spiro atoms. The molecule has 1 aromatic rings. The maximum atomic E-state index is 13.4. The van der Waals surface area contributed by atoms with E-state index < -0.39 is 17.9 Å². The summed E-state index contributed by atoms with van der Waals surface area (Å²) >= 11 is 5.66. The van der Waals surface area contributed by atoms with Gasteiger partial charge in [0.2, 0.25) is 0 Å². The number of alkyl halides is 4. The van der Waals surface area contributed by atoms with Crippen LogP contribution in [0.2, 0.25) is 0 Å². The Kier molecular flexibility index (Phi) is 4.23. The van der Waals surface area contributed by atoms with E-state index >= 15 is 0 Å². The summed E-state index contributed by atoms with van der Waals surface area (Å²) in [7, 11) is 0. The van der Waals surface area contributed by atoms with Gasteiger partial charge in [0, 0.05) is 24.7 Å². The van der Waals surface area contributed by atoms with Gasteiger partial charge in [0.05, 0.1) is 5.92 Å². The van der Waals surface area contributed by atoms with Crippen LogP contribution in [0.4, 0.5) is 23.2 Å². The molecule has 1 saturated heterocycles. The number of nitrogens with zero attached hydrogens (tertiary/aromatic N) is 1. The van der Waals surface area contributed by atoms with Crippen LogP contribution in [-0.4, -0.2) is 19.3 Å². The summed E-state index contributed by atoms with van der Waals surface area (Å²) in [5.41, 5.74) is 1.24. The van der Waals surface area contributed by atoms with E-state index in [1.165, 1.54) is 12.1 Å². The second-order valence-corrected chi connectivity index (χ2v) is 5.02. The SMILES string of the molecule is Fc1cc(CCl)cc(N2CCC(C(F)(F)F)CC2)c1. The zero-order valence-electron chi connectivity index (χ0n) is 10.2. The van der Waals surface area contributed by atoms with Crippen molar-refractivity contribution in [3.8, 4) is 0 Å². The zero-order chi connectivity index (χ0) is 14.0. The molecular formula is C13H14ClF4N. The molecule has 1 aliphatic heterocycles. The van der Waals surface area contributed by atoms with Crippen LogP contribution in [0.25, 0.3) is 0 Å². The van der Waals surface area contributed by atoms with Crippen molar-refractivity contribution in [2.24, 2.45) is 5.92 Å². The third kappa shape index (κ3) is 3.53. The average molecular weight is 296 g/mol. The summed E-state index contributed by atoms with van der Waals surface area (Å²) in [4.78, 5) is 1.78. The molecule has 0 aromatic heterocycles. The number of hydrogen-bond donors (Lipinski definition) is 0. The van der Waals surface area contributed by atoms with Gasteiger partial charge in [-0.2, -0.15) is 13.2 Å². The molecule has 1 aromatic carbocycles. The van der Waals surface area contributed by atoms with Crippen molar-refractivity contribution < 1.29 is 17.6 Å². The van der Waals surface area contributed by atoms with Gasteiger partial charge in [-0.25, -0.2) is 4.39 Å². The fraction of sp³-hybridized carbons (Fsp3) is 0.538. The van der Waals surface area contributed by atoms with Gasteiger partial charge in [0.15, 0.2) is 0 Å². The van der Waals surface area contributed by atoms with Gasteiger partial charge in [-0.15, -0.1) is 11.6 Å². The fourth-order valence-electron chi connectivity index (χ4n) is 2.36. The number of rotatable bonds is 2. The van der Waals surface area contributed by atoms with Crippen LogP contribution in [0.15, 0.2) is 18.2 Å². The largest absolute Gasteiger partial charge is 0.391 e. The van der Waals surface area contributed by atoms with E-state index in [1.807, 2.05) is 0 Å². The Hall–Kier alpha value is -0.970. The summed E-state index contributed by atoms with van der Waals surface area (Å²) in [6.45, 7) is 0.574. The topological polar surface area (TPSA) is 3.24 Å². The summed E-state index contributed by atoms with van der Waals surface area (Å²) < 4.78 is 51.0. The highest BCUT2D eigenvalue weighted by molar-refractivity contribution is 6.17. The lowest BCUT2D eigenvalue weighted by molar-refractivity contribution is -0.179. The van der Waals surface area contributed by atoms with Crippen molar-refractivity contribution >= 4 is 17.3 Å². The molecule has 0 amide bonds. The van der Waals surface area contributed by atoms with Crippen LogP contribution < -0.4 is 4.90 Å². The molecule has 0 radical (unpaired) electrons. The molecule has 106 valence electrons. The van der Waals surface area contributed by atoms with Gasteiger partial charge in [-0.1, -0.05) is 0 Å². The highest BCUT2D eigenvalue weighted by Crippen LogP contribution is 2.35. The van der Waals surface area contributed by atoms with E-state index in [2.05, 4.69) is 0 Å². The summed E-state index contributed by atoms with van der Waals surface area (Å²) in [5.74, 6) is -1.47. The molecule has 1 heterocycles. The monoisotopic (exact) mass is 295 g/mol. The van der Waals surface area contributed by atoms with Gasteiger partial charge in [-0.3, -0.25) is 0 Å². The van der Waals surface area contributed by atoms with E-state index in [4.69, 9.17) is 11.6 Å². The third-order valence-electron chi connectivity index (χ3n) is 3.42. The van der Waals surface area contributed by atoms with E-state index in [0.717, 1.165) is 0 Å². The molecule has 0 aliphatic carbocycles. The summed E-state index contributed by atoms with van der Waals surface area (Å²) in [6, 6.07) is 4.40. The van der Waals surface area contributed by atoms with Crippen LogP contribution >= 0.6 is 11.6 Å². The quantitative estimate of drug-likeness (QED) is 0.579. The molecule has 19 heavy (non-hydrogen) atoms. The molecule has 0 atom stereocenters. The van der Waals surface area contributed by atoms with Crippen molar-refractivity contribution in [3.05, 3.63) is 29.6 Å². The standard InChI is InChI=1S/C13H14ClF4N/c14-8-9-5-11(15)7-12(6-9)19-3-1-10(2-4-19)13(16,17)18/h5-7,10H,1-4,8H2. The first-order chi connectivity index (χ1) is 8.90. The number of halogens is 5. The molecule has 1 fully saturated rings. The van der Waals surface area contributed by atoms with Crippen LogP contribution in [0.1, 0.15) is 18.4 Å². The van der Waals surface area contributed by atoms with E-state index in [1.54, 1.807) is 11.0 Å². The van der Waals surface area contributed by atoms with Crippen molar-refractivity contribution in [1.29, 1.82) is 0 Å². The van der Waals surface area contributed by atoms with Crippen LogP contribution in [0.3, 0.4) is 0 Å². The smallest absolute Gasteiger partial charge is 0.371 e. The lowest BCUT2D eigenvalue weighted by Gasteiger charge is -2.34. The molecule has 2 rings (SSSR count). The Morgan fingerprint density at radius 3 is 2.32 bits per heavy atom. The Morgan fingerprint density at radius 1 is 1.16 bits per heavy atom. The second-order valence-electron chi connectivity index (χ2n) is 4.75. The average Bonchev–Trinajstić information content (AvgIpc) is 2.37. The van der Waals surface area contributed by atoms with Crippen molar-refractivity contribution in [2.45, 2.75) is 24.9 Å². The van der Waals surface area contributed by atoms with Crippen LogP contribution in [-0.2, 0) is 5.88 Å². The van der Waals surface area contributed by atoms with E-state index in [9.17, 15) is 17.6 Å². The number of anilines is 1. The van der Waals surface area contributed by atoms with Crippen LogP contribution in [0, 0.1) is 11.7 Å². The Bertz CT molecular complexity index is 439. The molecule has 0 N–H and O–H groups in total. The second kappa shape index (κ2) is 5.57. The van der Waals surface area contributed by atoms with Crippen molar-refractivity contribution in [3.63, 3.8) is 0 Å². The molecule has 0 saturated carbocycles. The highest BCUT2D eigenvalue weighted by atomic mass is 35.5. The highest BCUT2D eigenvalue weighted by Gasteiger charge is 2.41. The number of piperidine rings is 1. The summed E-state index contributed by atoms with van der Waals surface area (Å²) in [6.07, 6.45) is -4.03.